The van der Waals surface area contributed by atoms with Crippen LogP contribution in [0.2, 0.25) is 0 Å². The molecule has 0 aliphatic rings. The Morgan fingerprint density at radius 2 is 2.25 bits per heavy atom. The fourth-order valence-electron chi connectivity index (χ4n) is 1.30. The molecule has 0 fully saturated rings. The molecule has 0 saturated carbocycles. The Labute approximate surface area is 80.9 Å². The lowest BCUT2D eigenvalue weighted by Crippen LogP contribution is -1.76. The molecule has 0 radical (unpaired) electrons. The van der Waals surface area contributed by atoms with Crippen molar-refractivity contribution < 1.29 is 0 Å². The molecule has 0 aliphatic carbocycles. The SMILES string of the molecule is CCCCc1cc2cscc2s1. The van der Waals surface area contributed by atoms with Crippen LogP contribution < -0.4 is 0 Å². The number of thiophene rings is 2. The molecule has 0 spiro atoms. The minimum absolute atomic E-state index is 1.26. The zero-order valence-electron chi connectivity index (χ0n) is 7.17. The van der Waals surface area contributed by atoms with Crippen LogP contribution in [0.25, 0.3) is 10.1 Å². The molecule has 0 bridgehead atoms. The molecule has 64 valence electrons. The second-order valence-corrected chi connectivity index (χ2v) is 4.92. The van der Waals surface area contributed by atoms with Gasteiger partial charge in [0.15, 0.2) is 0 Å². The Balaban J connectivity index is 2.21. The Morgan fingerprint density at radius 1 is 1.33 bits per heavy atom. The smallest absolute Gasteiger partial charge is 0.0452 e. The third kappa shape index (κ3) is 1.54. The average molecular weight is 196 g/mol. The van der Waals surface area contributed by atoms with Gasteiger partial charge in [0, 0.05) is 20.3 Å². The average Bonchev–Trinajstić information content (AvgIpc) is 2.58. The summed E-state index contributed by atoms with van der Waals surface area (Å²) in [5.74, 6) is 0. The van der Waals surface area contributed by atoms with E-state index in [1.807, 2.05) is 11.3 Å². The summed E-state index contributed by atoms with van der Waals surface area (Å²) in [6, 6.07) is 2.34. The molecule has 12 heavy (non-hydrogen) atoms. The van der Waals surface area contributed by atoms with E-state index in [1.165, 1.54) is 29.3 Å². The van der Waals surface area contributed by atoms with Gasteiger partial charge in [-0.15, -0.1) is 11.3 Å². The molecule has 0 N–H and O–H groups in total. The van der Waals surface area contributed by atoms with Gasteiger partial charge >= 0.3 is 0 Å². The number of hydrogen-bond acceptors (Lipinski definition) is 2. The van der Waals surface area contributed by atoms with Gasteiger partial charge < -0.3 is 0 Å². The molecule has 2 aromatic heterocycles. The van der Waals surface area contributed by atoms with Gasteiger partial charge in [-0.1, -0.05) is 13.3 Å². The lowest BCUT2D eigenvalue weighted by molar-refractivity contribution is 0.804. The highest BCUT2D eigenvalue weighted by Gasteiger charge is 2.00. The first-order chi connectivity index (χ1) is 5.90. The van der Waals surface area contributed by atoms with Crippen molar-refractivity contribution in [1.82, 2.24) is 0 Å². The second-order valence-electron chi connectivity index (χ2n) is 3.01. The van der Waals surface area contributed by atoms with Crippen molar-refractivity contribution >= 4 is 32.8 Å². The van der Waals surface area contributed by atoms with Crippen molar-refractivity contribution in [3.63, 3.8) is 0 Å². The molecular weight excluding hydrogens is 184 g/mol. The Kier molecular flexibility index (Phi) is 2.47. The van der Waals surface area contributed by atoms with E-state index in [9.17, 15) is 0 Å². The Hall–Kier alpha value is -0.340. The van der Waals surface area contributed by atoms with Crippen LogP contribution in [0.4, 0.5) is 0 Å². The Bertz CT molecular complexity index is 328. The summed E-state index contributed by atoms with van der Waals surface area (Å²) >= 11 is 3.76. The number of aryl methyl sites for hydroxylation is 1. The quantitative estimate of drug-likeness (QED) is 0.686. The maximum absolute atomic E-state index is 2.34. The maximum atomic E-state index is 2.34. The van der Waals surface area contributed by atoms with Crippen molar-refractivity contribution in [2.24, 2.45) is 0 Å². The summed E-state index contributed by atoms with van der Waals surface area (Å²) in [5.41, 5.74) is 0. The molecule has 2 heteroatoms. The summed E-state index contributed by atoms with van der Waals surface area (Å²) in [7, 11) is 0. The molecule has 0 aromatic carbocycles. The first-order valence-electron chi connectivity index (χ1n) is 4.35. The van der Waals surface area contributed by atoms with Gasteiger partial charge in [0.2, 0.25) is 0 Å². The van der Waals surface area contributed by atoms with Crippen molar-refractivity contribution in [3.05, 3.63) is 21.7 Å². The van der Waals surface area contributed by atoms with Crippen LogP contribution in [0.5, 0.6) is 0 Å². The number of unbranched alkanes of at least 4 members (excludes halogenated alkanes) is 1. The van der Waals surface area contributed by atoms with Gasteiger partial charge in [-0.2, -0.15) is 11.3 Å². The van der Waals surface area contributed by atoms with Crippen molar-refractivity contribution in [1.29, 1.82) is 0 Å². The molecule has 0 amide bonds. The van der Waals surface area contributed by atoms with E-state index < -0.39 is 0 Å². The van der Waals surface area contributed by atoms with Gasteiger partial charge in [-0.25, -0.2) is 0 Å². The van der Waals surface area contributed by atoms with Gasteiger partial charge in [0.1, 0.15) is 0 Å². The molecule has 2 heterocycles. The van der Waals surface area contributed by atoms with Crippen molar-refractivity contribution in [2.75, 3.05) is 0 Å². The summed E-state index contributed by atoms with van der Waals surface area (Å²) in [5, 5.41) is 5.92. The van der Waals surface area contributed by atoms with Crippen LogP contribution in [0.15, 0.2) is 16.8 Å². The van der Waals surface area contributed by atoms with Crippen LogP contribution in [-0.2, 0) is 6.42 Å². The topological polar surface area (TPSA) is 0 Å². The minimum atomic E-state index is 1.26. The molecule has 0 aliphatic heterocycles. The van der Waals surface area contributed by atoms with Crippen LogP contribution in [-0.4, -0.2) is 0 Å². The zero-order chi connectivity index (χ0) is 8.39. The molecular formula is C10H12S2. The first-order valence-corrected chi connectivity index (χ1v) is 6.10. The highest BCUT2D eigenvalue weighted by Crippen LogP contribution is 2.29. The monoisotopic (exact) mass is 196 g/mol. The largest absolute Gasteiger partial charge is 0.150 e. The summed E-state index contributed by atoms with van der Waals surface area (Å²) in [6.07, 6.45) is 3.89. The molecule has 0 unspecified atom stereocenters. The van der Waals surface area contributed by atoms with E-state index in [4.69, 9.17) is 0 Å². The van der Waals surface area contributed by atoms with Gasteiger partial charge in [0.25, 0.3) is 0 Å². The predicted octanol–water partition coefficient (Wildman–Crippen LogP) is 4.31. The summed E-state index contributed by atoms with van der Waals surface area (Å²) in [4.78, 5) is 1.55. The van der Waals surface area contributed by atoms with E-state index in [2.05, 4.69) is 23.8 Å². The first kappa shape index (κ1) is 8.27. The lowest BCUT2D eigenvalue weighted by Gasteiger charge is -1.91. The van der Waals surface area contributed by atoms with Gasteiger partial charge in [-0.3, -0.25) is 0 Å². The van der Waals surface area contributed by atoms with E-state index in [-0.39, 0.29) is 0 Å². The van der Waals surface area contributed by atoms with Gasteiger partial charge in [-0.05, 0) is 24.3 Å². The molecule has 0 atom stereocenters. The van der Waals surface area contributed by atoms with Gasteiger partial charge in [0.05, 0.1) is 0 Å². The fraction of sp³-hybridized carbons (Fsp3) is 0.400. The third-order valence-electron chi connectivity index (χ3n) is 1.99. The highest BCUT2D eigenvalue weighted by atomic mass is 32.1. The third-order valence-corrected chi connectivity index (χ3v) is 4.06. The van der Waals surface area contributed by atoms with E-state index >= 15 is 0 Å². The Morgan fingerprint density at radius 3 is 3.00 bits per heavy atom. The predicted molar refractivity (Wildman–Crippen MR) is 58.3 cm³/mol. The zero-order valence-corrected chi connectivity index (χ0v) is 8.80. The number of hydrogen-bond donors (Lipinski definition) is 0. The minimum Gasteiger partial charge on any atom is -0.150 e. The molecule has 0 nitrogen and oxygen atoms in total. The highest BCUT2D eigenvalue weighted by molar-refractivity contribution is 7.22. The van der Waals surface area contributed by atoms with E-state index in [0.29, 0.717) is 0 Å². The van der Waals surface area contributed by atoms with E-state index in [1.54, 1.807) is 16.2 Å². The summed E-state index contributed by atoms with van der Waals surface area (Å²) in [6.45, 7) is 2.25. The number of rotatable bonds is 3. The normalized spacial score (nSPS) is 11.1. The standard InChI is InChI=1S/C10H12S2/c1-2-3-4-9-5-8-6-11-7-10(8)12-9/h5-7H,2-4H2,1H3. The molecule has 2 rings (SSSR count). The fourth-order valence-corrected chi connectivity index (χ4v) is 3.36. The van der Waals surface area contributed by atoms with Crippen LogP contribution in [0.1, 0.15) is 24.6 Å². The van der Waals surface area contributed by atoms with Crippen LogP contribution in [0, 0.1) is 0 Å². The van der Waals surface area contributed by atoms with Crippen molar-refractivity contribution in [3.8, 4) is 0 Å². The lowest BCUT2D eigenvalue weighted by atomic mass is 10.2. The molecule has 0 saturated heterocycles. The maximum Gasteiger partial charge on any atom is 0.0452 e. The molecule has 2 aromatic rings. The van der Waals surface area contributed by atoms with E-state index in [0.717, 1.165) is 0 Å². The summed E-state index contributed by atoms with van der Waals surface area (Å²) < 4.78 is 1.46. The second kappa shape index (κ2) is 3.58. The van der Waals surface area contributed by atoms with Crippen molar-refractivity contribution in [2.45, 2.75) is 26.2 Å². The van der Waals surface area contributed by atoms with Crippen LogP contribution in [0.3, 0.4) is 0 Å². The van der Waals surface area contributed by atoms with Crippen LogP contribution >= 0.6 is 22.7 Å². The number of fused-ring (bicyclic) bond motifs is 1.